The van der Waals surface area contributed by atoms with Crippen LogP contribution in [0, 0.1) is 5.82 Å². The number of aromatic nitrogens is 4. The zero-order chi connectivity index (χ0) is 16.8. The summed E-state index contributed by atoms with van der Waals surface area (Å²) in [6.45, 7) is 1.03. The van der Waals surface area contributed by atoms with Gasteiger partial charge in [-0.25, -0.2) is 9.37 Å². The molecule has 3 aromatic rings. The van der Waals surface area contributed by atoms with Crippen LogP contribution in [-0.2, 0) is 13.0 Å². The molecule has 1 N–H and O–H groups in total. The van der Waals surface area contributed by atoms with Crippen molar-refractivity contribution in [2.24, 2.45) is 0 Å². The molecule has 1 aliphatic heterocycles. The van der Waals surface area contributed by atoms with Crippen molar-refractivity contribution in [1.29, 1.82) is 0 Å². The molecule has 0 amide bonds. The molecule has 1 saturated carbocycles. The Morgan fingerprint density at radius 1 is 1.32 bits per heavy atom. The molecule has 2 aliphatic rings. The highest BCUT2D eigenvalue weighted by atomic mass is 19.1. The number of halogens is 1. The fourth-order valence-electron chi connectivity index (χ4n) is 3.49. The van der Waals surface area contributed by atoms with Crippen molar-refractivity contribution in [2.75, 3.05) is 11.9 Å². The van der Waals surface area contributed by atoms with E-state index >= 15 is 0 Å². The third-order valence-electron chi connectivity index (χ3n) is 4.95. The van der Waals surface area contributed by atoms with Gasteiger partial charge in [0.1, 0.15) is 17.9 Å². The van der Waals surface area contributed by atoms with Crippen LogP contribution in [0.25, 0.3) is 5.65 Å². The summed E-state index contributed by atoms with van der Waals surface area (Å²) in [7, 11) is 0. The molecule has 1 aliphatic carbocycles. The summed E-state index contributed by atoms with van der Waals surface area (Å²) in [5, 5.41) is 11.4. The van der Waals surface area contributed by atoms with Crippen molar-refractivity contribution in [3.63, 3.8) is 0 Å². The van der Waals surface area contributed by atoms with Crippen molar-refractivity contribution in [3.05, 3.63) is 47.3 Å². The lowest BCUT2D eigenvalue weighted by atomic mass is 9.99. The van der Waals surface area contributed by atoms with Crippen LogP contribution in [0.15, 0.2) is 24.7 Å². The molecule has 25 heavy (non-hydrogen) atoms. The van der Waals surface area contributed by atoms with E-state index in [9.17, 15) is 4.39 Å². The Morgan fingerprint density at radius 3 is 3.12 bits per heavy atom. The van der Waals surface area contributed by atoms with E-state index in [4.69, 9.17) is 4.74 Å². The average Bonchev–Trinajstić information content (AvgIpc) is 3.36. The highest BCUT2D eigenvalue weighted by Gasteiger charge is 2.27. The standard InChI is InChI=1S/C18H18FN5O/c19-14-5-6-16-12(2-1-7-25-16)13(14)8-20-17-18-23-22-10-24(18)15(9-21-17)11-3-4-11/h5-6,9-11H,1-4,7-8H2,(H,20,21). The third kappa shape index (κ3) is 2.50. The summed E-state index contributed by atoms with van der Waals surface area (Å²) in [5.41, 5.74) is 3.42. The first-order chi connectivity index (χ1) is 12.3. The van der Waals surface area contributed by atoms with E-state index in [1.54, 1.807) is 12.4 Å². The highest BCUT2D eigenvalue weighted by molar-refractivity contribution is 5.63. The lowest BCUT2D eigenvalue weighted by molar-refractivity contribution is 0.286. The maximum atomic E-state index is 14.4. The Morgan fingerprint density at radius 2 is 2.24 bits per heavy atom. The van der Waals surface area contributed by atoms with E-state index in [1.165, 1.54) is 18.9 Å². The predicted molar refractivity (Wildman–Crippen MR) is 90.3 cm³/mol. The van der Waals surface area contributed by atoms with Gasteiger partial charge in [-0.15, -0.1) is 10.2 Å². The molecule has 6 nitrogen and oxygen atoms in total. The summed E-state index contributed by atoms with van der Waals surface area (Å²) in [6.07, 6.45) is 7.70. The van der Waals surface area contributed by atoms with E-state index in [0.717, 1.165) is 29.8 Å². The molecule has 5 rings (SSSR count). The lowest BCUT2D eigenvalue weighted by Crippen LogP contribution is -2.14. The van der Waals surface area contributed by atoms with Gasteiger partial charge in [0, 0.05) is 35.5 Å². The minimum absolute atomic E-state index is 0.219. The first-order valence-electron chi connectivity index (χ1n) is 8.67. The Balaban J connectivity index is 1.47. The van der Waals surface area contributed by atoms with E-state index in [2.05, 4.69) is 20.5 Å². The van der Waals surface area contributed by atoms with Gasteiger partial charge >= 0.3 is 0 Å². The number of fused-ring (bicyclic) bond motifs is 2. The quantitative estimate of drug-likeness (QED) is 0.791. The van der Waals surface area contributed by atoms with Crippen LogP contribution >= 0.6 is 0 Å². The Bertz CT molecular complexity index is 950. The van der Waals surface area contributed by atoms with E-state index in [-0.39, 0.29) is 5.82 Å². The second-order valence-corrected chi connectivity index (χ2v) is 6.64. The second kappa shape index (κ2) is 5.68. The van der Waals surface area contributed by atoms with Crippen molar-refractivity contribution in [2.45, 2.75) is 38.1 Å². The maximum Gasteiger partial charge on any atom is 0.203 e. The first kappa shape index (κ1) is 14.6. The molecule has 0 unspecified atom stereocenters. The fourth-order valence-corrected chi connectivity index (χ4v) is 3.49. The number of benzene rings is 1. The van der Waals surface area contributed by atoms with Crippen LogP contribution in [0.1, 0.15) is 42.0 Å². The maximum absolute atomic E-state index is 14.4. The molecule has 1 fully saturated rings. The molecule has 2 aromatic heterocycles. The van der Waals surface area contributed by atoms with E-state index < -0.39 is 0 Å². The highest BCUT2D eigenvalue weighted by Crippen LogP contribution is 2.40. The van der Waals surface area contributed by atoms with Crippen LogP contribution < -0.4 is 10.1 Å². The van der Waals surface area contributed by atoms with Gasteiger partial charge in [-0.2, -0.15) is 0 Å². The monoisotopic (exact) mass is 339 g/mol. The summed E-state index contributed by atoms with van der Waals surface area (Å²) >= 11 is 0. The largest absolute Gasteiger partial charge is 0.493 e. The van der Waals surface area contributed by atoms with Crippen molar-refractivity contribution in [1.82, 2.24) is 19.6 Å². The molecule has 0 bridgehead atoms. The van der Waals surface area contributed by atoms with E-state index in [0.29, 0.717) is 36.1 Å². The number of nitrogens with zero attached hydrogens (tertiary/aromatic N) is 4. The van der Waals surface area contributed by atoms with Crippen LogP contribution in [0.3, 0.4) is 0 Å². The summed E-state index contributed by atoms with van der Waals surface area (Å²) < 4.78 is 22.0. The Kier molecular flexibility index (Phi) is 3.33. The number of hydrogen-bond donors (Lipinski definition) is 1. The van der Waals surface area contributed by atoms with Gasteiger partial charge in [0.15, 0.2) is 5.82 Å². The molecule has 1 aromatic carbocycles. The van der Waals surface area contributed by atoms with Gasteiger partial charge in [0.05, 0.1) is 6.61 Å². The molecule has 0 spiro atoms. The fraction of sp³-hybridized carbons (Fsp3) is 0.389. The smallest absolute Gasteiger partial charge is 0.203 e. The molecule has 0 atom stereocenters. The van der Waals surface area contributed by atoms with Crippen molar-refractivity contribution in [3.8, 4) is 5.75 Å². The zero-order valence-electron chi connectivity index (χ0n) is 13.7. The van der Waals surface area contributed by atoms with Crippen molar-refractivity contribution < 1.29 is 9.13 Å². The summed E-state index contributed by atoms with van der Waals surface area (Å²) in [4.78, 5) is 4.51. The third-order valence-corrected chi connectivity index (χ3v) is 4.95. The van der Waals surface area contributed by atoms with Crippen molar-refractivity contribution >= 4 is 11.5 Å². The van der Waals surface area contributed by atoms with Crippen LogP contribution in [0.4, 0.5) is 10.2 Å². The van der Waals surface area contributed by atoms with E-state index in [1.807, 2.05) is 10.6 Å². The molecular weight excluding hydrogens is 321 g/mol. The minimum Gasteiger partial charge on any atom is -0.493 e. The average molecular weight is 339 g/mol. The second-order valence-electron chi connectivity index (χ2n) is 6.64. The summed E-state index contributed by atoms with van der Waals surface area (Å²) in [6, 6.07) is 3.18. The normalized spacial score (nSPS) is 16.5. The SMILES string of the molecule is Fc1ccc2c(c1CNc1ncc(C3CC3)n3cnnc13)CCCO2. The van der Waals surface area contributed by atoms with Gasteiger partial charge in [-0.1, -0.05) is 0 Å². The first-order valence-corrected chi connectivity index (χ1v) is 8.67. The predicted octanol–water partition coefficient (Wildman–Crippen LogP) is 3.08. The van der Waals surface area contributed by atoms with Crippen LogP contribution in [0.2, 0.25) is 0 Å². The number of ether oxygens (including phenoxy) is 1. The minimum atomic E-state index is -0.219. The van der Waals surface area contributed by atoms with Gasteiger partial charge in [0.25, 0.3) is 0 Å². The molecular formula is C18H18FN5O. The number of anilines is 1. The zero-order valence-corrected chi connectivity index (χ0v) is 13.7. The lowest BCUT2D eigenvalue weighted by Gasteiger charge is -2.21. The Hall–Kier alpha value is -2.70. The molecule has 7 heteroatoms. The van der Waals surface area contributed by atoms with Gasteiger partial charge in [0.2, 0.25) is 5.65 Å². The topological polar surface area (TPSA) is 64.3 Å². The number of rotatable bonds is 4. The number of nitrogens with one attached hydrogen (secondary N) is 1. The summed E-state index contributed by atoms with van der Waals surface area (Å²) in [5.74, 6) is 1.74. The van der Waals surface area contributed by atoms with Crippen LogP contribution in [0.5, 0.6) is 5.75 Å². The van der Waals surface area contributed by atoms with Gasteiger partial charge in [-0.05, 0) is 37.8 Å². The van der Waals surface area contributed by atoms with Gasteiger partial charge < -0.3 is 10.1 Å². The molecule has 3 heterocycles. The molecule has 0 radical (unpaired) electrons. The van der Waals surface area contributed by atoms with Crippen LogP contribution in [-0.4, -0.2) is 26.2 Å². The number of hydrogen-bond acceptors (Lipinski definition) is 5. The van der Waals surface area contributed by atoms with Gasteiger partial charge in [-0.3, -0.25) is 4.40 Å². The molecule has 128 valence electrons. The molecule has 0 saturated heterocycles. The Labute approximate surface area is 144 Å².